The summed E-state index contributed by atoms with van der Waals surface area (Å²) >= 11 is 5.86. The molecule has 1 amide bonds. The monoisotopic (exact) mass is 512 g/mol. The lowest BCUT2D eigenvalue weighted by atomic mass is 9.98. The topological polar surface area (TPSA) is 71.1 Å². The SMILES string of the molecule is O=C1CC(c2ccccc2)CN1Cc1ccc(-c2nc3cccnc3[nH]2)cc1Oc1ccc(Cl)c(F)c1. The molecule has 184 valence electrons. The van der Waals surface area contributed by atoms with Gasteiger partial charge in [-0.15, -0.1) is 0 Å². The fraction of sp³-hybridized carbons (Fsp3) is 0.138. The summed E-state index contributed by atoms with van der Waals surface area (Å²) in [5.41, 5.74) is 4.16. The van der Waals surface area contributed by atoms with Crippen molar-refractivity contribution >= 4 is 28.7 Å². The molecule has 2 aromatic heterocycles. The van der Waals surface area contributed by atoms with Crippen LogP contribution in [0.3, 0.4) is 0 Å². The van der Waals surface area contributed by atoms with E-state index in [1.54, 1.807) is 12.3 Å². The van der Waals surface area contributed by atoms with Gasteiger partial charge in [0.05, 0.1) is 5.02 Å². The van der Waals surface area contributed by atoms with Crippen LogP contribution in [0.25, 0.3) is 22.6 Å². The smallest absolute Gasteiger partial charge is 0.223 e. The summed E-state index contributed by atoms with van der Waals surface area (Å²) < 4.78 is 20.3. The molecule has 1 N–H and O–H groups in total. The minimum Gasteiger partial charge on any atom is -0.457 e. The number of likely N-dealkylation sites (tertiary alicyclic amines) is 1. The quantitative estimate of drug-likeness (QED) is 0.274. The molecule has 0 saturated carbocycles. The fourth-order valence-electron chi connectivity index (χ4n) is 4.65. The van der Waals surface area contributed by atoms with Crippen molar-refractivity contribution in [2.75, 3.05) is 6.54 Å². The van der Waals surface area contributed by atoms with Crippen molar-refractivity contribution in [1.82, 2.24) is 19.9 Å². The number of ether oxygens (including phenoxy) is 1. The number of imidazole rings is 1. The van der Waals surface area contributed by atoms with Crippen LogP contribution in [0.15, 0.2) is 85.1 Å². The molecule has 37 heavy (non-hydrogen) atoms. The highest BCUT2D eigenvalue weighted by Gasteiger charge is 2.31. The van der Waals surface area contributed by atoms with Gasteiger partial charge in [-0.05, 0) is 35.9 Å². The summed E-state index contributed by atoms with van der Waals surface area (Å²) in [5, 5.41) is 0.0192. The highest BCUT2D eigenvalue weighted by Crippen LogP contribution is 2.35. The molecular weight excluding hydrogens is 491 g/mol. The molecule has 8 heteroatoms. The van der Waals surface area contributed by atoms with Crippen LogP contribution in [0.2, 0.25) is 5.02 Å². The van der Waals surface area contributed by atoms with Crippen LogP contribution >= 0.6 is 11.6 Å². The fourth-order valence-corrected chi connectivity index (χ4v) is 4.77. The summed E-state index contributed by atoms with van der Waals surface area (Å²) in [6, 6.07) is 23.8. The summed E-state index contributed by atoms with van der Waals surface area (Å²) in [6.07, 6.45) is 2.17. The average Bonchev–Trinajstić information content (AvgIpc) is 3.51. The summed E-state index contributed by atoms with van der Waals surface area (Å²) in [5.74, 6) is 1.11. The summed E-state index contributed by atoms with van der Waals surface area (Å²) in [6.45, 7) is 0.990. The summed E-state index contributed by atoms with van der Waals surface area (Å²) in [7, 11) is 0. The predicted octanol–water partition coefficient (Wildman–Crippen LogP) is 6.73. The maximum absolute atomic E-state index is 14.1. The van der Waals surface area contributed by atoms with Gasteiger partial charge in [0, 0.05) is 48.8 Å². The first-order valence-electron chi connectivity index (χ1n) is 11.9. The van der Waals surface area contributed by atoms with Crippen LogP contribution in [-0.4, -0.2) is 32.3 Å². The lowest BCUT2D eigenvalue weighted by Crippen LogP contribution is -2.24. The Morgan fingerprint density at radius 1 is 1.05 bits per heavy atom. The van der Waals surface area contributed by atoms with Crippen LogP contribution in [0, 0.1) is 5.82 Å². The molecule has 3 heterocycles. The van der Waals surface area contributed by atoms with Crippen molar-refractivity contribution in [3.05, 3.63) is 107 Å². The van der Waals surface area contributed by atoms with Gasteiger partial charge < -0.3 is 14.6 Å². The van der Waals surface area contributed by atoms with Crippen LogP contribution in [0.5, 0.6) is 11.5 Å². The first kappa shape index (κ1) is 23.2. The van der Waals surface area contributed by atoms with Gasteiger partial charge >= 0.3 is 0 Å². The summed E-state index contributed by atoms with van der Waals surface area (Å²) in [4.78, 5) is 26.9. The van der Waals surface area contributed by atoms with E-state index in [2.05, 4.69) is 27.1 Å². The molecule has 5 aromatic rings. The second-order valence-electron chi connectivity index (χ2n) is 9.04. The van der Waals surface area contributed by atoms with Crippen LogP contribution < -0.4 is 4.74 Å². The van der Waals surface area contributed by atoms with Crippen molar-refractivity contribution in [2.24, 2.45) is 0 Å². The van der Waals surface area contributed by atoms with E-state index >= 15 is 0 Å². The Morgan fingerprint density at radius 2 is 1.92 bits per heavy atom. The van der Waals surface area contributed by atoms with Crippen molar-refractivity contribution in [2.45, 2.75) is 18.9 Å². The third-order valence-electron chi connectivity index (χ3n) is 6.56. The van der Waals surface area contributed by atoms with Crippen molar-refractivity contribution in [1.29, 1.82) is 0 Å². The number of halogens is 2. The number of aromatic amines is 1. The number of pyridine rings is 1. The molecule has 1 aliphatic rings. The molecule has 0 radical (unpaired) electrons. The number of aromatic nitrogens is 3. The highest BCUT2D eigenvalue weighted by molar-refractivity contribution is 6.30. The molecule has 1 fully saturated rings. The standard InChI is InChI=1S/C29H22ClFN4O2/c30-23-11-10-22(15-24(23)31)37-26-13-19(28-33-25-7-4-12-32-29(25)34-28)8-9-20(26)16-35-17-21(14-27(35)36)18-5-2-1-3-6-18/h1-13,15,21H,14,16-17H2,(H,32,33,34). The van der Waals surface area contributed by atoms with Crippen molar-refractivity contribution in [3.8, 4) is 22.9 Å². The van der Waals surface area contributed by atoms with Gasteiger partial charge in [0.25, 0.3) is 0 Å². The molecule has 1 unspecified atom stereocenters. The molecule has 0 aliphatic carbocycles. The maximum Gasteiger partial charge on any atom is 0.223 e. The van der Waals surface area contributed by atoms with E-state index < -0.39 is 5.82 Å². The minimum atomic E-state index is -0.569. The molecule has 1 aliphatic heterocycles. The molecule has 6 nitrogen and oxygen atoms in total. The Balaban J connectivity index is 1.33. The van der Waals surface area contributed by atoms with Gasteiger partial charge in [0.15, 0.2) is 5.65 Å². The molecule has 0 spiro atoms. The number of hydrogen-bond acceptors (Lipinski definition) is 4. The van der Waals surface area contributed by atoms with Gasteiger partial charge in [-0.1, -0.05) is 54.1 Å². The predicted molar refractivity (Wildman–Crippen MR) is 140 cm³/mol. The number of hydrogen-bond donors (Lipinski definition) is 1. The molecular formula is C29H22ClFN4O2. The number of amides is 1. The van der Waals surface area contributed by atoms with Crippen LogP contribution in [0.4, 0.5) is 4.39 Å². The van der Waals surface area contributed by atoms with E-state index in [-0.39, 0.29) is 16.8 Å². The first-order chi connectivity index (χ1) is 18.0. The van der Waals surface area contributed by atoms with Gasteiger partial charge in [0.2, 0.25) is 5.91 Å². The van der Waals surface area contributed by atoms with Crippen LogP contribution in [-0.2, 0) is 11.3 Å². The van der Waals surface area contributed by atoms with Gasteiger partial charge in [-0.25, -0.2) is 14.4 Å². The van der Waals surface area contributed by atoms with Gasteiger partial charge in [0.1, 0.15) is 28.7 Å². The largest absolute Gasteiger partial charge is 0.457 e. The number of nitrogens with zero attached hydrogens (tertiary/aromatic N) is 3. The van der Waals surface area contributed by atoms with E-state index in [1.807, 2.05) is 53.4 Å². The molecule has 1 atom stereocenters. The number of carbonyl (C=O) groups excluding carboxylic acids is 1. The number of carbonyl (C=O) groups is 1. The molecule has 3 aromatic carbocycles. The lowest BCUT2D eigenvalue weighted by Gasteiger charge is -2.20. The van der Waals surface area contributed by atoms with E-state index in [0.29, 0.717) is 42.5 Å². The van der Waals surface area contributed by atoms with E-state index in [0.717, 1.165) is 22.2 Å². The van der Waals surface area contributed by atoms with E-state index in [9.17, 15) is 9.18 Å². The zero-order valence-electron chi connectivity index (χ0n) is 19.7. The average molecular weight is 513 g/mol. The van der Waals surface area contributed by atoms with Crippen molar-refractivity contribution < 1.29 is 13.9 Å². The lowest BCUT2D eigenvalue weighted by molar-refractivity contribution is -0.128. The Kier molecular flexibility index (Phi) is 6.06. The minimum absolute atomic E-state index is 0.0192. The number of benzene rings is 3. The first-order valence-corrected chi connectivity index (χ1v) is 12.3. The molecule has 0 bridgehead atoms. The van der Waals surface area contributed by atoms with Crippen molar-refractivity contribution in [3.63, 3.8) is 0 Å². The van der Waals surface area contributed by atoms with E-state index in [1.165, 1.54) is 12.1 Å². The number of fused-ring (bicyclic) bond motifs is 1. The Hall–Kier alpha value is -4.23. The maximum atomic E-state index is 14.1. The Bertz CT molecular complexity index is 1570. The second kappa shape index (κ2) is 9.67. The highest BCUT2D eigenvalue weighted by atomic mass is 35.5. The van der Waals surface area contributed by atoms with E-state index in [4.69, 9.17) is 16.3 Å². The molecule has 1 saturated heterocycles. The molecule has 6 rings (SSSR count). The Morgan fingerprint density at radius 3 is 2.73 bits per heavy atom. The Labute approximate surface area is 217 Å². The zero-order valence-corrected chi connectivity index (χ0v) is 20.5. The normalized spacial score (nSPS) is 15.5. The van der Waals surface area contributed by atoms with Gasteiger partial charge in [-0.3, -0.25) is 4.79 Å². The zero-order chi connectivity index (χ0) is 25.4. The third-order valence-corrected chi connectivity index (χ3v) is 6.87. The number of nitrogens with one attached hydrogen (secondary N) is 1. The van der Waals surface area contributed by atoms with Gasteiger partial charge in [-0.2, -0.15) is 0 Å². The van der Waals surface area contributed by atoms with Crippen LogP contribution in [0.1, 0.15) is 23.5 Å². The second-order valence-corrected chi connectivity index (χ2v) is 9.45. The third kappa shape index (κ3) is 4.78. The number of H-pyrrole nitrogens is 1. The number of rotatable bonds is 6.